The summed E-state index contributed by atoms with van der Waals surface area (Å²) in [7, 11) is 0. The maximum Gasteiger partial charge on any atom is 0.139 e. The van der Waals surface area contributed by atoms with E-state index < -0.39 is 0 Å². The van der Waals surface area contributed by atoms with Crippen LogP contribution >= 0.6 is 31.9 Å². The van der Waals surface area contributed by atoms with E-state index in [1.807, 2.05) is 6.07 Å². The lowest BCUT2D eigenvalue weighted by atomic mass is 10.1. The average Bonchev–Trinajstić information content (AvgIpc) is 2.45. The van der Waals surface area contributed by atoms with Gasteiger partial charge in [0.15, 0.2) is 0 Å². The van der Waals surface area contributed by atoms with Gasteiger partial charge in [0.2, 0.25) is 0 Å². The SMILES string of the molecule is C=CCOc1c(Br)cc(Br)cc1CNc1ccc(C)cc1C. The van der Waals surface area contributed by atoms with Gasteiger partial charge in [-0.1, -0.05) is 46.3 Å². The number of hydrogen-bond acceptors (Lipinski definition) is 2. The number of ether oxygens (including phenoxy) is 1. The van der Waals surface area contributed by atoms with E-state index >= 15 is 0 Å². The smallest absolute Gasteiger partial charge is 0.139 e. The second-order valence-corrected chi connectivity index (χ2v) is 6.92. The molecule has 0 atom stereocenters. The Labute approximate surface area is 148 Å². The van der Waals surface area contributed by atoms with Crippen molar-refractivity contribution >= 4 is 37.5 Å². The first-order valence-electron chi connectivity index (χ1n) is 7.04. The fraction of sp³-hybridized carbons (Fsp3) is 0.222. The van der Waals surface area contributed by atoms with E-state index in [0.29, 0.717) is 13.2 Å². The Kier molecular flexibility index (Phi) is 6.09. The molecule has 0 spiro atoms. The third-order valence-corrected chi connectivity index (χ3v) is 4.33. The molecule has 0 saturated heterocycles. The third-order valence-electron chi connectivity index (χ3n) is 3.28. The maximum atomic E-state index is 5.78. The Hall–Kier alpha value is -1.26. The van der Waals surface area contributed by atoms with Crippen LogP contribution in [-0.2, 0) is 6.54 Å². The van der Waals surface area contributed by atoms with Gasteiger partial charge in [0.05, 0.1) is 4.47 Å². The molecule has 1 N–H and O–H groups in total. The van der Waals surface area contributed by atoms with Crippen LogP contribution in [0.5, 0.6) is 5.75 Å². The van der Waals surface area contributed by atoms with Gasteiger partial charge in [-0.2, -0.15) is 0 Å². The molecule has 2 aromatic rings. The lowest BCUT2D eigenvalue weighted by molar-refractivity contribution is 0.357. The minimum atomic E-state index is 0.483. The van der Waals surface area contributed by atoms with Gasteiger partial charge in [0, 0.05) is 22.3 Å². The quantitative estimate of drug-likeness (QED) is 0.573. The van der Waals surface area contributed by atoms with Gasteiger partial charge in [0.1, 0.15) is 12.4 Å². The van der Waals surface area contributed by atoms with Crippen molar-refractivity contribution in [3.63, 3.8) is 0 Å². The van der Waals surface area contributed by atoms with Crippen LogP contribution in [0.15, 0.2) is 51.9 Å². The van der Waals surface area contributed by atoms with Gasteiger partial charge in [0.25, 0.3) is 0 Å². The summed E-state index contributed by atoms with van der Waals surface area (Å²) in [6.07, 6.45) is 1.75. The molecule has 116 valence electrons. The molecule has 0 amide bonds. The summed E-state index contributed by atoms with van der Waals surface area (Å²) in [5.41, 5.74) is 4.73. The fourth-order valence-electron chi connectivity index (χ4n) is 2.25. The topological polar surface area (TPSA) is 21.3 Å². The van der Waals surface area contributed by atoms with E-state index in [9.17, 15) is 0 Å². The van der Waals surface area contributed by atoms with Crippen molar-refractivity contribution in [3.8, 4) is 5.75 Å². The minimum absolute atomic E-state index is 0.483. The van der Waals surface area contributed by atoms with Crippen LogP contribution in [0.3, 0.4) is 0 Å². The molecule has 0 aliphatic carbocycles. The summed E-state index contributed by atoms with van der Waals surface area (Å²) in [4.78, 5) is 0. The molecule has 2 rings (SSSR count). The standard InChI is InChI=1S/C18H19Br2NO/c1-4-7-22-18-14(9-15(19)10-16(18)20)11-21-17-6-5-12(2)8-13(17)3/h4-6,8-10,21H,1,7,11H2,2-3H3. The molecule has 22 heavy (non-hydrogen) atoms. The van der Waals surface area contributed by atoms with Crippen molar-refractivity contribution < 1.29 is 4.74 Å². The van der Waals surface area contributed by atoms with Crippen LogP contribution in [-0.4, -0.2) is 6.61 Å². The number of hydrogen-bond donors (Lipinski definition) is 1. The van der Waals surface area contributed by atoms with Crippen LogP contribution in [0.4, 0.5) is 5.69 Å². The van der Waals surface area contributed by atoms with Crippen molar-refractivity contribution in [2.75, 3.05) is 11.9 Å². The lowest BCUT2D eigenvalue weighted by Gasteiger charge is -2.15. The number of aryl methyl sites for hydroxylation is 2. The van der Waals surface area contributed by atoms with Gasteiger partial charge in [-0.15, -0.1) is 0 Å². The number of benzene rings is 2. The molecular weight excluding hydrogens is 406 g/mol. The Bertz CT molecular complexity index is 683. The van der Waals surface area contributed by atoms with Crippen molar-refractivity contribution in [3.05, 3.63) is 68.6 Å². The Balaban J connectivity index is 2.22. The molecule has 0 unspecified atom stereocenters. The zero-order chi connectivity index (χ0) is 16.1. The van der Waals surface area contributed by atoms with Crippen LogP contribution in [0.25, 0.3) is 0 Å². The van der Waals surface area contributed by atoms with Crippen molar-refractivity contribution in [1.82, 2.24) is 0 Å². The second-order valence-electron chi connectivity index (χ2n) is 5.15. The first-order chi connectivity index (χ1) is 10.5. The molecule has 0 aliphatic rings. The first kappa shape index (κ1) is 17.1. The van der Waals surface area contributed by atoms with Crippen LogP contribution in [0.1, 0.15) is 16.7 Å². The third kappa shape index (κ3) is 4.37. The molecular formula is C18H19Br2NO. The molecule has 4 heteroatoms. The number of rotatable bonds is 6. The molecule has 0 bridgehead atoms. The zero-order valence-electron chi connectivity index (χ0n) is 12.7. The second kappa shape index (κ2) is 7.84. The van der Waals surface area contributed by atoms with Gasteiger partial charge >= 0.3 is 0 Å². The highest BCUT2D eigenvalue weighted by Gasteiger charge is 2.10. The zero-order valence-corrected chi connectivity index (χ0v) is 15.9. The predicted molar refractivity (Wildman–Crippen MR) is 101 cm³/mol. The van der Waals surface area contributed by atoms with E-state index in [0.717, 1.165) is 25.9 Å². The largest absolute Gasteiger partial charge is 0.488 e. The van der Waals surface area contributed by atoms with E-state index in [4.69, 9.17) is 4.74 Å². The van der Waals surface area contributed by atoms with Gasteiger partial charge in [-0.3, -0.25) is 0 Å². The summed E-state index contributed by atoms with van der Waals surface area (Å²) in [5.74, 6) is 0.848. The lowest BCUT2D eigenvalue weighted by Crippen LogP contribution is -2.05. The summed E-state index contributed by atoms with van der Waals surface area (Å²) < 4.78 is 7.73. The van der Waals surface area contributed by atoms with Crippen LogP contribution in [0.2, 0.25) is 0 Å². The summed E-state index contributed by atoms with van der Waals surface area (Å²) in [6.45, 7) is 9.09. The molecule has 2 aromatic carbocycles. The Morgan fingerprint density at radius 2 is 1.95 bits per heavy atom. The van der Waals surface area contributed by atoms with E-state index in [2.05, 4.69) is 81.9 Å². The minimum Gasteiger partial charge on any atom is -0.488 e. The van der Waals surface area contributed by atoms with E-state index in [1.165, 1.54) is 11.1 Å². The molecule has 0 aromatic heterocycles. The number of nitrogens with one attached hydrogen (secondary N) is 1. The van der Waals surface area contributed by atoms with Crippen molar-refractivity contribution in [1.29, 1.82) is 0 Å². The molecule has 2 nitrogen and oxygen atoms in total. The van der Waals surface area contributed by atoms with Crippen molar-refractivity contribution in [2.24, 2.45) is 0 Å². The normalized spacial score (nSPS) is 10.4. The van der Waals surface area contributed by atoms with Gasteiger partial charge in [-0.05, 0) is 53.5 Å². The highest BCUT2D eigenvalue weighted by Crippen LogP contribution is 2.33. The van der Waals surface area contributed by atoms with Crippen LogP contribution < -0.4 is 10.1 Å². The summed E-state index contributed by atoms with van der Waals surface area (Å²) in [5, 5.41) is 3.48. The van der Waals surface area contributed by atoms with Gasteiger partial charge < -0.3 is 10.1 Å². The molecule has 0 radical (unpaired) electrons. The molecule has 0 fully saturated rings. The monoisotopic (exact) mass is 423 g/mol. The highest BCUT2D eigenvalue weighted by atomic mass is 79.9. The van der Waals surface area contributed by atoms with Crippen LogP contribution in [0, 0.1) is 13.8 Å². The number of anilines is 1. The van der Waals surface area contributed by atoms with Crippen molar-refractivity contribution in [2.45, 2.75) is 20.4 Å². The Morgan fingerprint density at radius 3 is 2.64 bits per heavy atom. The summed E-state index contributed by atoms with van der Waals surface area (Å²) in [6, 6.07) is 10.5. The van der Waals surface area contributed by atoms with E-state index in [-0.39, 0.29) is 0 Å². The average molecular weight is 425 g/mol. The number of halogens is 2. The fourth-order valence-corrected chi connectivity index (χ4v) is 3.68. The predicted octanol–water partition coefficient (Wildman–Crippen LogP) is 6.01. The Morgan fingerprint density at radius 1 is 1.18 bits per heavy atom. The molecule has 0 heterocycles. The molecule has 0 saturated carbocycles. The first-order valence-corrected chi connectivity index (χ1v) is 8.62. The summed E-state index contributed by atoms with van der Waals surface area (Å²) >= 11 is 7.09. The maximum absolute atomic E-state index is 5.78. The highest BCUT2D eigenvalue weighted by molar-refractivity contribution is 9.11. The molecule has 0 aliphatic heterocycles. The van der Waals surface area contributed by atoms with Gasteiger partial charge in [-0.25, -0.2) is 0 Å². The van der Waals surface area contributed by atoms with E-state index in [1.54, 1.807) is 6.08 Å².